The van der Waals surface area contributed by atoms with E-state index >= 15 is 0 Å². The van der Waals surface area contributed by atoms with Gasteiger partial charge in [0.1, 0.15) is 5.69 Å². The maximum atomic E-state index is 13.0. The number of rotatable bonds is 3. The molecule has 0 atom stereocenters. The van der Waals surface area contributed by atoms with Crippen LogP contribution in [-0.4, -0.2) is 16.9 Å². The SMILES string of the molecule is O=C([O-])c1c(C(F)(F)F)nc(C(F)(F)Cl)c(C(=O)[O-])c1Cl. The van der Waals surface area contributed by atoms with Crippen molar-refractivity contribution >= 4 is 35.1 Å². The maximum absolute atomic E-state index is 13.0. The van der Waals surface area contributed by atoms with Gasteiger partial charge in [0.05, 0.1) is 17.0 Å². The second-order valence-electron chi connectivity index (χ2n) is 3.44. The summed E-state index contributed by atoms with van der Waals surface area (Å²) in [6.45, 7) is 0. The Labute approximate surface area is 121 Å². The van der Waals surface area contributed by atoms with Gasteiger partial charge in [0.2, 0.25) is 0 Å². The fourth-order valence-electron chi connectivity index (χ4n) is 1.34. The molecule has 0 saturated carbocycles. The van der Waals surface area contributed by atoms with E-state index in [1.165, 1.54) is 0 Å². The highest BCUT2D eigenvalue weighted by molar-refractivity contribution is 6.36. The molecule has 0 aliphatic heterocycles. The van der Waals surface area contributed by atoms with Crippen molar-refractivity contribution in [3.63, 3.8) is 0 Å². The van der Waals surface area contributed by atoms with Crippen LogP contribution in [0.3, 0.4) is 0 Å². The van der Waals surface area contributed by atoms with Crippen molar-refractivity contribution in [3.8, 4) is 0 Å². The van der Waals surface area contributed by atoms with E-state index in [4.69, 9.17) is 11.6 Å². The summed E-state index contributed by atoms with van der Waals surface area (Å²) in [5.74, 6) is -5.05. The van der Waals surface area contributed by atoms with Crippen molar-refractivity contribution in [2.45, 2.75) is 11.6 Å². The number of pyridine rings is 1. The third-order valence-corrected chi connectivity index (χ3v) is 2.64. The number of aromatic nitrogens is 1. The van der Waals surface area contributed by atoms with Gasteiger partial charge < -0.3 is 19.8 Å². The monoisotopic (exact) mass is 351 g/mol. The van der Waals surface area contributed by atoms with E-state index in [0.29, 0.717) is 0 Å². The fraction of sp³-hybridized carbons (Fsp3) is 0.222. The Morgan fingerprint density at radius 2 is 1.33 bits per heavy atom. The lowest BCUT2D eigenvalue weighted by molar-refractivity contribution is -0.255. The highest BCUT2D eigenvalue weighted by atomic mass is 35.5. The quantitative estimate of drug-likeness (QED) is 0.592. The molecule has 0 bridgehead atoms. The molecule has 0 N–H and O–H groups in total. The molecule has 12 heteroatoms. The Balaban J connectivity index is 3.99. The van der Waals surface area contributed by atoms with Gasteiger partial charge in [-0.2, -0.15) is 22.0 Å². The maximum Gasteiger partial charge on any atom is 0.434 e. The van der Waals surface area contributed by atoms with E-state index < -0.39 is 51.0 Å². The topological polar surface area (TPSA) is 93.2 Å². The normalized spacial score (nSPS) is 12.3. The molecule has 0 spiro atoms. The summed E-state index contributed by atoms with van der Waals surface area (Å²) >= 11 is 9.61. The lowest BCUT2D eigenvalue weighted by atomic mass is 10.1. The predicted octanol–water partition coefficient (Wildman–Crippen LogP) is 0.769. The zero-order valence-corrected chi connectivity index (χ0v) is 10.7. The first-order chi connectivity index (χ1) is 9.28. The number of carbonyl (C=O) groups is 2. The number of hydrogen-bond acceptors (Lipinski definition) is 5. The molecule has 0 aliphatic rings. The van der Waals surface area contributed by atoms with Crippen LogP contribution in [0.25, 0.3) is 0 Å². The summed E-state index contributed by atoms with van der Waals surface area (Å²) in [5.41, 5.74) is -8.14. The Morgan fingerprint density at radius 3 is 1.62 bits per heavy atom. The van der Waals surface area contributed by atoms with Crippen LogP contribution in [0.5, 0.6) is 0 Å². The molecule has 21 heavy (non-hydrogen) atoms. The molecule has 116 valence electrons. The second kappa shape index (κ2) is 5.26. The average molecular weight is 352 g/mol. The molecule has 5 nitrogen and oxygen atoms in total. The summed E-state index contributed by atoms with van der Waals surface area (Å²) in [7, 11) is 0. The molecule has 0 aromatic carbocycles. The Bertz CT molecular complexity index is 576. The van der Waals surface area contributed by atoms with Gasteiger partial charge in [-0.3, -0.25) is 0 Å². The predicted molar refractivity (Wildman–Crippen MR) is 52.7 cm³/mol. The van der Waals surface area contributed by atoms with Gasteiger partial charge in [-0.1, -0.05) is 11.6 Å². The van der Waals surface area contributed by atoms with E-state index in [1.807, 2.05) is 0 Å². The van der Waals surface area contributed by atoms with Gasteiger partial charge in [-0.15, -0.1) is 0 Å². The largest absolute Gasteiger partial charge is 0.545 e. The highest BCUT2D eigenvalue weighted by Gasteiger charge is 2.43. The molecule has 0 saturated heterocycles. The average Bonchev–Trinajstić information content (AvgIpc) is 2.23. The number of halogens is 7. The number of carboxylic acid groups (broad SMARTS) is 2. The fourth-order valence-corrected chi connectivity index (χ4v) is 1.81. The minimum atomic E-state index is -5.53. The zero-order valence-electron chi connectivity index (χ0n) is 9.23. The van der Waals surface area contributed by atoms with Crippen molar-refractivity contribution in [2.24, 2.45) is 0 Å². The molecular formula is C9Cl2F5NO4-2. The molecule has 0 fully saturated rings. The number of alkyl halides is 6. The summed E-state index contributed by atoms with van der Waals surface area (Å²) in [6.07, 6.45) is -5.53. The third-order valence-electron chi connectivity index (χ3n) is 2.08. The van der Waals surface area contributed by atoms with Crippen LogP contribution in [-0.2, 0) is 11.6 Å². The van der Waals surface area contributed by atoms with Crippen LogP contribution in [0.1, 0.15) is 32.1 Å². The zero-order chi connectivity index (χ0) is 16.7. The lowest BCUT2D eigenvalue weighted by Crippen LogP contribution is -2.33. The molecule has 1 aromatic rings. The number of carboxylic acids is 2. The molecule has 0 amide bonds. The summed E-state index contributed by atoms with van der Waals surface area (Å²) in [5, 5.41) is 15.0. The van der Waals surface area contributed by atoms with Gasteiger partial charge in [0.15, 0.2) is 5.69 Å². The van der Waals surface area contributed by atoms with E-state index in [1.54, 1.807) is 0 Å². The van der Waals surface area contributed by atoms with Crippen molar-refractivity contribution in [1.29, 1.82) is 0 Å². The lowest BCUT2D eigenvalue weighted by Gasteiger charge is -2.21. The van der Waals surface area contributed by atoms with Crippen molar-refractivity contribution in [1.82, 2.24) is 4.98 Å². The molecular weight excluding hydrogens is 352 g/mol. The van der Waals surface area contributed by atoms with E-state index in [0.717, 1.165) is 0 Å². The molecule has 1 heterocycles. The molecule has 1 aromatic heterocycles. The van der Waals surface area contributed by atoms with Crippen molar-refractivity contribution in [3.05, 3.63) is 27.5 Å². The highest BCUT2D eigenvalue weighted by Crippen LogP contribution is 2.41. The van der Waals surface area contributed by atoms with Crippen LogP contribution >= 0.6 is 23.2 Å². The van der Waals surface area contributed by atoms with Crippen molar-refractivity contribution in [2.75, 3.05) is 0 Å². The van der Waals surface area contributed by atoms with Crippen LogP contribution in [0.2, 0.25) is 5.02 Å². The first-order valence-corrected chi connectivity index (χ1v) is 5.34. The van der Waals surface area contributed by atoms with Gasteiger partial charge in [0, 0.05) is 11.1 Å². The minimum Gasteiger partial charge on any atom is -0.545 e. The van der Waals surface area contributed by atoms with Gasteiger partial charge in [0.25, 0.3) is 0 Å². The van der Waals surface area contributed by atoms with E-state index in [9.17, 15) is 41.8 Å². The van der Waals surface area contributed by atoms with Crippen LogP contribution in [0.4, 0.5) is 22.0 Å². The molecule has 0 unspecified atom stereocenters. The Kier molecular flexibility index (Phi) is 4.35. The summed E-state index contributed by atoms with van der Waals surface area (Å²) in [6, 6.07) is 0. The molecule has 1 rings (SSSR count). The van der Waals surface area contributed by atoms with Gasteiger partial charge in [-0.05, 0) is 11.6 Å². The molecule has 0 aliphatic carbocycles. The van der Waals surface area contributed by atoms with Crippen molar-refractivity contribution < 1.29 is 41.8 Å². The smallest absolute Gasteiger partial charge is 0.434 e. The van der Waals surface area contributed by atoms with E-state index in [2.05, 4.69) is 16.6 Å². The number of hydrogen-bond donors (Lipinski definition) is 0. The standard InChI is InChI=1S/C9H2Cl2F5NO4/c10-3-1(6(18)19)4(8(11,12)13)17-5(9(14,15)16)2(3)7(20)21/h(H,18,19)(H,20,21)/p-2. The molecule has 0 radical (unpaired) electrons. The Hall–Kier alpha value is -1.68. The number of nitrogens with zero attached hydrogens (tertiary/aromatic N) is 1. The van der Waals surface area contributed by atoms with E-state index in [-0.39, 0.29) is 0 Å². The van der Waals surface area contributed by atoms with Crippen LogP contribution in [0, 0.1) is 0 Å². The van der Waals surface area contributed by atoms with Crippen LogP contribution < -0.4 is 10.2 Å². The first kappa shape index (κ1) is 17.4. The summed E-state index contributed by atoms with van der Waals surface area (Å²) in [4.78, 5) is 23.6. The summed E-state index contributed by atoms with van der Waals surface area (Å²) < 4.78 is 63.8. The minimum absolute atomic E-state index is 1.67. The number of aromatic carboxylic acids is 2. The van der Waals surface area contributed by atoms with Gasteiger partial charge in [-0.25, -0.2) is 4.98 Å². The Morgan fingerprint density at radius 1 is 0.952 bits per heavy atom. The van der Waals surface area contributed by atoms with Gasteiger partial charge >= 0.3 is 11.6 Å². The first-order valence-electron chi connectivity index (χ1n) is 4.59. The second-order valence-corrected chi connectivity index (χ2v) is 4.30. The number of carbonyl (C=O) groups excluding carboxylic acids is 2. The third kappa shape index (κ3) is 3.32. The van der Waals surface area contributed by atoms with Crippen LogP contribution in [0.15, 0.2) is 0 Å².